The molecule has 2 nitrogen and oxygen atoms in total. The number of pyridine rings is 1. The van der Waals surface area contributed by atoms with Gasteiger partial charge in [-0.2, -0.15) is 0 Å². The average molecular weight is 276 g/mol. The summed E-state index contributed by atoms with van der Waals surface area (Å²) in [5.74, 6) is -0.216. The Labute approximate surface area is 117 Å². The summed E-state index contributed by atoms with van der Waals surface area (Å²) in [6, 6.07) is 10.9. The lowest BCUT2D eigenvalue weighted by atomic mass is 10.1. The number of benzene rings is 1. The molecule has 0 radical (unpaired) electrons. The maximum Gasteiger partial charge on any atom is 0.123 e. The van der Waals surface area contributed by atoms with Crippen molar-refractivity contribution >= 4 is 11.8 Å². The standard InChI is InChI=1S/C15H17FN2S/c1-3-17-11(2)12-8-9-18-15(10-12)19-14-6-4-13(16)5-7-14/h4-11,17H,3H2,1-2H3. The van der Waals surface area contributed by atoms with Gasteiger partial charge in [0.2, 0.25) is 0 Å². The van der Waals surface area contributed by atoms with E-state index < -0.39 is 0 Å². The molecule has 0 spiro atoms. The highest BCUT2D eigenvalue weighted by Gasteiger charge is 2.06. The molecule has 1 unspecified atom stereocenters. The number of nitrogens with one attached hydrogen (secondary N) is 1. The molecule has 0 saturated heterocycles. The molecule has 2 rings (SSSR count). The minimum Gasteiger partial charge on any atom is -0.310 e. The van der Waals surface area contributed by atoms with Crippen LogP contribution in [0.2, 0.25) is 0 Å². The van der Waals surface area contributed by atoms with Gasteiger partial charge < -0.3 is 5.32 Å². The van der Waals surface area contributed by atoms with Crippen molar-refractivity contribution in [2.75, 3.05) is 6.54 Å². The molecule has 100 valence electrons. The van der Waals surface area contributed by atoms with Gasteiger partial charge in [0.25, 0.3) is 0 Å². The molecule has 1 heterocycles. The molecule has 0 aliphatic carbocycles. The van der Waals surface area contributed by atoms with Gasteiger partial charge in [-0.05, 0) is 55.4 Å². The van der Waals surface area contributed by atoms with E-state index in [0.29, 0.717) is 6.04 Å². The van der Waals surface area contributed by atoms with Crippen LogP contribution in [-0.4, -0.2) is 11.5 Å². The second kappa shape index (κ2) is 6.68. The minimum absolute atomic E-state index is 0.216. The summed E-state index contributed by atoms with van der Waals surface area (Å²) in [5.41, 5.74) is 1.21. The van der Waals surface area contributed by atoms with Crippen LogP contribution in [0.25, 0.3) is 0 Å². The number of nitrogens with zero attached hydrogens (tertiary/aromatic N) is 1. The molecule has 0 saturated carbocycles. The Kier molecular flexibility index (Phi) is 4.93. The minimum atomic E-state index is -0.216. The quantitative estimate of drug-likeness (QED) is 0.892. The molecule has 2 aromatic rings. The lowest BCUT2D eigenvalue weighted by molar-refractivity contribution is 0.596. The number of halogens is 1. The van der Waals surface area contributed by atoms with Gasteiger partial charge in [0.1, 0.15) is 10.8 Å². The molecule has 0 aliphatic rings. The first-order chi connectivity index (χ1) is 9.19. The summed E-state index contributed by atoms with van der Waals surface area (Å²) >= 11 is 1.54. The summed E-state index contributed by atoms with van der Waals surface area (Å²) in [6.45, 7) is 5.15. The van der Waals surface area contributed by atoms with Crippen molar-refractivity contribution in [1.29, 1.82) is 0 Å². The van der Waals surface area contributed by atoms with Crippen LogP contribution in [0.15, 0.2) is 52.5 Å². The number of hydrogen-bond donors (Lipinski definition) is 1. The molecular weight excluding hydrogens is 259 g/mol. The summed E-state index contributed by atoms with van der Waals surface area (Å²) in [7, 11) is 0. The van der Waals surface area contributed by atoms with Crippen molar-refractivity contribution in [3.63, 3.8) is 0 Å². The molecule has 1 N–H and O–H groups in total. The van der Waals surface area contributed by atoms with E-state index >= 15 is 0 Å². The highest BCUT2D eigenvalue weighted by Crippen LogP contribution is 2.27. The van der Waals surface area contributed by atoms with Crippen molar-refractivity contribution in [3.8, 4) is 0 Å². The molecule has 0 aliphatic heterocycles. The highest BCUT2D eigenvalue weighted by atomic mass is 32.2. The van der Waals surface area contributed by atoms with Gasteiger partial charge in [0, 0.05) is 17.1 Å². The first kappa shape index (κ1) is 14.0. The molecule has 0 fully saturated rings. The Hall–Kier alpha value is -1.39. The molecule has 1 aromatic carbocycles. The zero-order chi connectivity index (χ0) is 13.7. The molecular formula is C15H17FN2S. The van der Waals surface area contributed by atoms with Crippen molar-refractivity contribution in [3.05, 3.63) is 54.0 Å². The van der Waals surface area contributed by atoms with Crippen LogP contribution in [-0.2, 0) is 0 Å². The summed E-state index contributed by atoms with van der Waals surface area (Å²) in [5, 5.41) is 4.30. The summed E-state index contributed by atoms with van der Waals surface area (Å²) < 4.78 is 12.8. The zero-order valence-electron chi connectivity index (χ0n) is 11.1. The molecule has 19 heavy (non-hydrogen) atoms. The molecule has 0 bridgehead atoms. The average Bonchev–Trinajstić information content (AvgIpc) is 2.42. The second-order valence-electron chi connectivity index (χ2n) is 4.26. The maximum absolute atomic E-state index is 12.8. The summed E-state index contributed by atoms with van der Waals surface area (Å²) in [4.78, 5) is 5.33. The molecule has 1 aromatic heterocycles. The third kappa shape index (κ3) is 4.04. The SMILES string of the molecule is CCNC(C)c1ccnc(Sc2ccc(F)cc2)c1. The Bertz CT molecular complexity index is 528. The topological polar surface area (TPSA) is 24.9 Å². The van der Waals surface area contributed by atoms with Gasteiger partial charge in [-0.15, -0.1) is 0 Å². The number of aromatic nitrogens is 1. The van der Waals surface area contributed by atoms with E-state index in [4.69, 9.17) is 0 Å². The van der Waals surface area contributed by atoms with Crippen LogP contribution in [0.3, 0.4) is 0 Å². The monoisotopic (exact) mass is 276 g/mol. The Morgan fingerprint density at radius 1 is 1.26 bits per heavy atom. The van der Waals surface area contributed by atoms with Crippen LogP contribution in [0, 0.1) is 5.82 Å². The van der Waals surface area contributed by atoms with Gasteiger partial charge in [-0.25, -0.2) is 9.37 Å². The number of rotatable bonds is 5. The van der Waals surface area contributed by atoms with Crippen molar-refractivity contribution in [2.24, 2.45) is 0 Å². The largest absolute Gasteiger partial charge is 0.310 e. The van der Waals surface area contributed by atoms with Crippen molar-refractivity contribution in [2.45, 2.75) is 29.8 Å². The molecule has 1 atom stereocenters. The van der Waals surface area contributed by atoms with Gasteiger partial charge in [-0.1, -0.05) is 18.7 Å². The smallest absolute Gasteiger partial charge is 0.123 e. The fourth-order valence-electron chi connectivity index (χ4n) is 1.80. The van der Waals surface area contributed by atoms with E-state index in [2.05, 4.69) is 30.2 Å². The first-order valence-corrected chi connectivity index (χ1v) is 7.13. The molecule has 4 heteroatoms. The van der Waals surface area contributed by atoms with E-state index in [1.54, 1.807) is 23.9 Å². The zero-order valence-corrected chi connectivity index (χ0v) is 11.9. The predicted molar refractivity (Wildman–Crippen MR) is 76.9 cm³/mol. The normalized spacial score (nSPS) is 12.4. The van der Waals surface area contributed by atoms with E-state index in [1.807, 2.05) is 12.3 Å². The Balaban J connectivity index is 2.12. The fourth-order valence-corrected chi connectivity index (χ4v) is 2.62. The number of hydrogen-bond acceptors (Lipinski definition) is 3. The molecule has 0 amide bonds. The third-order valence-corrected chi connectivity index (χ3v) is 3.75. The maximum atomic E-state index is 12.8. The van der Waals surface area contributed by atoms with Crippen LogP contribution >= 0.6 is 11.8 Å². The van der Waals surface area contributed by atoms with Crippen molar-refractivity contribution in [1.82, 2.24) is 10.3 Å². The lowest BCUT2D eigenvalue weighted by Gasteiger charge is -2.13. The Morgan fingerprint density at radius 2 is 2.00 bits per heavy atom. The van der Waals surface area contributed by atoms with E-state index in [0.717, 1.165) is 16.5 Å². The Morgan fingerprint density at radius 3 is 2.68 bits per heavy atom. The fraction of sp³-hybridized carbons (Fsp3) is 0.267. The van der Waals surface area contributed by atoms with Crippen LogP contribution < -0.4 is 5.32 Å². The van der Waals surface area contributed by atoms with Gasteiger partial charge in [0.05, 0.1) is 0 Å². The van der Waals surface area contributed by atoms with E-state index in [-0.39, 0.29) is 5.82 Å². The van der Waals surface area contributed by atoms with Gasteiger partial charge in [0.15, 0.2) is 0 Å². The predicted octanol–water partition coefficient (Wildman–Crippen LogP) is 4.04. The second-order valence-corrected chi connectivity index (χ2v) is 5.36. The van der Waals surface area contributed by atoms with Gasteiger partial charge in [-0.3, -0.25) is 0 Å². The highest BCUT2D eigenvalue weighted by molar-refractivity contribution is 7.99. The first-order valence-electron chi connectivity index (χ1n) is 6.32. The summed E-state index contributed by atoms with van der Waals surface area (Å²) in [6.07, 6.45) is 1.81. The van der Waals surface area contributed by atoms with E-state index in [1.165, 1.54) is 17.7 Å². The third-order valence-electron chi connectivity index (χ3n) is 2.81. The van der Waals surface area contributed by atoms with Crippen LogP contribution in [0.4, 0.5) is 4.39 Å². The van der Waals surface area contributed by atoms with E-state index in [9.17, 15) is 4.39 Å². The van der Waals surface area contributed by atoms with Crippen LogP contribution in [0.5, 0.6) is 0 Å². The van der Waals surface area contributed by atoms with Gasteiger partial charge >= 0.3 is 0 Å². The lowest BCUT2D eigenvalue weighted by Crippen LogP contribution is -2.17. The van der Waals surface area contributed by atoms with Crippen LogP contribution in [0.1, 0.15) is 25.5 Å². The van der Waals surface area contributed by atoms with Crippen molar-refractivity contribution < 1.29 is 4.39 Å².